The van der Waals surface area contributed by atoms with Gasteiger partial charge in [0.05, 0.1) is 0 Å². The van der Waals surface area contributed by atoms with Crippen molar-refractivity contribution < 1.29 is 0 Å². The van der Waals surface area contributed by atoms with Gasteiger partial charge in [-0.2, -0.15) is 0 Å². The standard InChI is InChI=1S/C11H17ClN2/c1-8(2)7-14-9(3)10-5-4-6-13-11(10)12/h4-6,8-9,14H,7H2,1-3H3. The average Bonchev–Trinajstić information content (AvgIpc) is 2.15. The molecule has 0 radical (unpaired) electrons. The molecule has 0 spiro atoms. The van der Waals surface area contributed by atoms with Crippen LogP contribution in [0.1, 0.15) is 32.4 Å². The number of nitrogens with zero attached hydrogens (tertiary/aromatic N) is 1. The van der Waals surface area contributed by atoms with Crippen LogP contribution in [-0.4, -0.2) is 11.5 Å². The van der Waals surface area contributed by atoms with Crippen LogP contribution in [0, 0.1) is 5.92 Å². The van der Waals surface area contributed by atoms with E-state index in [0.29, 0.717) is 11.1 Å². The normalized spacial score (nSPS) is 13.2. The van der Waals surface area contributed by atoms with Crippen LogP contribution in [0.15, 0.2) is 18.3 Å². The van der Waals surface area contributed by atoms with E-state index in [-0.39, 0.29) is 6.04 Å². The summed E-state index contributed by atoms with van der Waals surface area (Å²) in [5, 5.41) is 4.01. The third-order valence-electron chi connectivity index (χ3n) is 2.09. The zero-order valence-electron chi connectivity index (χ0n) is 8.92. The molecule has 1 heterocycles. The summed E-state index contributed by atoms with van der Waals surface area (Å²) < 4.78 is 0. The Morgan fingerprint density at radius 1 is 1.43 bits per heavy atom. The van der Waals surface area contributed by atoms with Gasteiger partial charge in [-0.3, -0.25) is 0 Å². The minimum Gasteiger partial charge on any atom is -0.310 e. The third-order valence-corrected chi connectivity index (χ3v) is 2.40. The minimum absolute atomic E-state index is 0.263. The van der Waals surface area contributed by atoms with Crippen LogP contribution in [-0.2, 0) is 0 Å². The highest BCUT2D eigenvalue weighted by Crippen LogP contribution is 2.19. The summed E-state index contributed by atoms with van der Waals surface area (Å²) in [7, 11) is 0. The van der Waals surface area contributed by atoms with Gasteiger partial charge in [-0.05, 0) is 25.5 Å². The lowest BCUT2D eigenvalue weighted by molar-refractivity contribution is 0.496. The quantitative estimate of drug-likeness (QED) is 0.777. The molecule has 0 aromatic carbocycles. The molecule has 1 aromatic rings. The average molecular weight is 213 g/mol. The maximum Gasteiger partial charge on any atom is 0.133 e. The van der Waals surface area contributed by atoms with Crippen molar-refractivity contribution in [2.24, 2.45) is 5.92 Å². The monoisotopic (exact) mass is 212 g/mol. The molecule has 0 aliphatic rings. The second-order valence-corrected chi connectivity index (χ2v) is 4.27. The number of nitrogens with one attached hydrogen (secondary N) is 1. The van der Waals surface area contributed by atoms with Crippen LogP contribution >= 0.6 is 11.6 Å². The number of pyridine rings is 1. The summed E-state index contributed by atoms with van der Waals surface area (Å²) in [5.41, 5.74) is 1.06. The number of hydrogen-bond donors (Lipinski definition) is 1. The maximum absolute atomic E-state index is 5.98. The van der Waals surface area contributed by atoms with E-state index >= 15 is 0 Å². The van der Waals surface area contributed by atoms with Gasteiger partial charge < -0.3 is 5.32 Å². The van der Waals surface area contributed by atoms with Crippen molar-refractivity contribution in [3.63, 3.8) is 0 Å². The lowest BCUT2D eigenvalue weighted by Gasteiger charge is -2.16. The topological polar surface area (TPSA) is 24.9 Å². The predicted molar refractivity (Wildman–Crippen MR) is 60.5 cm³/mol. The summed E-state index contributed by atoms with van der Waals surface area (Å²) in [6, 6.07) is 4.18. The highest BCUT2D eigenvalue weighted by atomic mass is 35.5. The summed E-state index contributed by atoms with van der Waals surface area (Å²) in [6.07, 6.45) is 1.71. The van der Waals surface area contributed by atoms with Crippen molar-refractivity contribution in [2.45, 2.75) is 26.8 Å². The molecule has 1 atom stereocenters. The van der Waals surface area contributed by atoms with Gasteiger partial charge in [0.15, 0.2) is 0 Å². The Labute approximate surface area is 90.7 Å². The lowest BCUT2D eigenvalue weighted by atomic mass is 10.1. The van der Waals surface area contributed by atoms with Crippen molar-refractivity contribution in [1.29, 1.82) is 0 Å². The van der Waals surface area contributed by atoms with E-state index in [4.69, 9.17) is 11.6 Å². The molecule has 0 saturated heterocycles. The first-order valence-electron chi connectivity index (χ1n) is 4.95. The molecule has 1 rings (SSSR count). The molecule has 0 saturated carbocycles. The van der Waals surface area contributed by atoms with Gasteiger partial charge >= 0.3 is 0 Å². The number of aromatic nitrogens is 1. The Kier molecular flexibility index (Phi) is 4.36. The van der Waals surface area contributed by atoms with Crippen LogP contribution in [0.25, 0.3) is 0 Å². The van der Waals surface area contributed by atoms with Crippen LogP contribution in [0.5, 0.6) is 0 Å². The molecular weight excluding hydrogens is 196 g/mol. The van der Waals surface area contributed by atoms with Gasteiger partial charge in [0.1, 0.15) is 5.15 Å². The fourth-order valence-corrected chi connectivity index (χ4v) is 1.53. The minimum atomic E-state index is 0.263. The van der Waals surface area contributed by atoms with E-state index in [1.54, 1.807) is 6.20 Å². The fraction of sp³-hybridized carbons (Fsp3) is 0.545. The fourth-order valence-electron chi connectivity index (χ4n) is 1.24. The van der Waals surface area contributed by atoms with Crippen molar-refractivity contribution >= 4 is 11.6 Å². The van der Waals surface area contributed by atoms with E-state index < -0.39 is 0 Å². The molecule has 1 unspecified atom stereocenters. The second kappa shape index (κ2) is 5.32. The Morgan fingerprint density at radius 3 is 2.71 bits per heavy atom. The van der Waals surface area contributed by atoms with Crippen LogP contribution < -0.4 is 5.32 Å². The summed E-state index contributed by atoms with van der Waals surface area (Å²) in [6.45, 7) is 7.47. The Morgan fingerprint density at radius 2 is 2.14 bits per heavy atom. The number of hydrogen-bond acceptors (Lipinski definition) is 2. The first-order valence-corrected chi connectivity index (χ1v) is 5.33. The Bertz CT molecular complexity index is 286. The number of rotatable bonds is 4. The highest BCUT2D eigenvalue weighted by Gasteiger charge is 2.09. The third kappa shape index (κ3) is 3.28. The lowest BCUT2D eigenvalue weighted by Crippen LogP contribution is -2.23. The zero-order valence-corrected chi connectivity index (χ0v) is 9.67. The Balaban J connectivity index is 2.60. The second-order valence-electron chi connectivity index (χ2n) is 3.91. The molecule has 0 aliphatic carbocycles. The van der Waals surface area contributed by atoms with Crippen molar-refractivity contribution in [1.82, 2.24) is 10.3 Å². The largest absolute Gasteiger partial charge is 0.310 e. The van der Waals surface area contributed by atoms with Gasteiger partial charge in [0.25, 0.3) is 0 Å². The molecule has 3 heteroatoms. The zero-order chi connectivity index (χ0) is 10.6. The van der Waals surface area contributed by atoms with E-state index in [9.17, 15) is 0 Å². The Hall–Kier alpha value is -0.600. The van der Waals surface area contributed by atoms with E-state index in [0.717, 1.165) is 12.1 Å². The highest BCUT2D eigenvalue weighted by molar-refractivity contribution is 6.30. The molecule has 14 heavy (non-hydrogen) atoms. The van der Waals surface area contributed by atoms with Gasteiger partial charge in [-0.25, -0.2) is 4.98 Å². The molecule has 0 aliphatic heterocycles. The number of halogens is 1. The smallest absolute Gasteiger partial charge is 0.133 e. The van der Waals surface area contributed by atoms with E-state index in [2.05, 4.69) is 31.1 Å². The molecule has 2 nitrogen and oxygen atoms in total. The SMILES string of the molecule is CC(C)CNC(C)c1cccnc1Cl. The van der Waals surface area contributed by atoms with Crippen molar-refractivity contribution in [3.8, 4) is 0 Å². The molecule has 1 N–H and O–H groups in total. The summed E-state index contributed by atoms with van der Waals surface area (Å²) in [5.74, 6) is 0.646. The van der Waals surface area contributed by atoms with Crippen LogP contribution in [0.2, 0.25) is 5.15 Å². The molecular formula is C11H17ClN2. The van der Waals surface area contributed by atoms with Gasteiger partial charge in [0, 0.05) is 17.8 Å². The molecule has 78 valence electrons. The summed E-state index contributed by atoms with van der Waals surface area (Å²) in [4.78, 5) is 4.05. The van der Waals surface area contributed by atoms with Crippen molar-refractivity contribution in [2.75, 3.05) is 6.54 Å². The first-order chi connectivity index (χ1) is 6.61. The molecule has 0 amide bonds. The predicted octanol–water partition coefficient (Wildman–Crippen LogP) is 3.04. The molecule has 0 fully saturated rings. The summed E-state index contributed by atoms with van der Waals surface area (Å²) >= 11 is 5.98. The maximum atomic E-state index is 5.98. The molecule has 1 aromatic heterocycles. The van der Waals surface area contributed by atoms with Crippen LogP contribution in [0.4, 0.5) is 0 Å². The van der Waals surface area contributed by atoms with Crippen LogP contribution in [0.3, 0.4) is 0 Å². The van der Waals surface area contributed by atoms with Gasteiger partial charge in [-0.1, -0.05) is 31.5 Å². The molecule has 0 bridgehead atoms. The van der Waals surface area contributed by atoms with Gasteiger partial charge in [-0.15, -0.1) is 0 Å². The van der Waals surface area contributed by atoms with E-state index in [1.165, 1.54) is 0 Å². The van der Waals surface area contributed by atoms with Crippen molar-refractivity contribution in [3.05, 3.63) is 29.0 Å². The van der Waals surface area contributed by atoms with E-state index in [1.807, 2.05) is 12.1 Å². The first kappa shape index (κ1) is 11.5. The van der Waals surface area contributed by atoms with Gasteiger partial charge in [0.2, 0.25) is 0 Å².